The van der Waals surface area contributed by atoms with Gasteiger partial charge in [0.15, 0.2) is 18.2 Å². The van der Waals surface area contributed by atoms with Gasteiger partial charge in [-0.05, 0) is 46.1 Å². The van der Waals surface area contributed by atoms with Crippen molar-refractivity contribution in [1.82, 2.24) is 0 Å². The third-order valence-electron chi connectivity index (χ3n) is 10.7. The van der Waals surface area contributed by atoms with Crippen LogP contribution in [0.15, 0.2) is 51.2 Å². The van der Waals surface area contributed by atoms with Crippen LogP contribution in [0.4, 0.5) is 0 Å². The second-order valence-corrected chi connectivity index (χ2v) is 15.1. The average molecular weight is 821 g/mol. The molecule has 1 aromatic heterocycles. The van der Waals surface area contributed by atoms with E-state index < -0.39 is 116 Å². The molecule has 0 aliphatic carbocycles. The molecule has 3 aromatic rings. The molecular formula is C40H52O18. The van der Waals surface area contributed by atoms with Crippen molar-refractivity contribution < 1.29 is 83.9 Å². The van der Waals surface area contributed by atoms with Gasteiger partial charge in [-0.2, -0.15) is 0 Å². The number of phenolic OH excluding ortho intramolecular Hbond substituents is 1. The van der Waals surface area contributed by atoms with Crippen molar-refractivity contribution in [3.8, 4) is 28.6 Å². The number of hydrogen-bond acceptors (Lipinski definition) is 18. The highest BCUT2D eigenvalue weighted by Gasteiger charge is 2.51. The molecule has 10 N–H and O–H groups in total. The zero-order valence-electron chi connectivity index (χ0n) is 32.5. The normalized spacial score (nSPS) is 35.4. The van der Waals surface area contributed by atoms with E-state index in [0.29, 0.717) is 12.0 Å². The van der Waals surface area contributed by atoms with E-state index in [9.17, 15) is 55.9 Å². The van der Waals surface area contributed by atoms with Gasteiger partial charge in [-0.3, -0.25) is 4.79 Å². The number of allylic oxidation sites excluding steroid dienone is 2. The maximum Gasteiger partial charge on any atom is 0.239 e. The minimum absolute atomic E-state index is 0.0369. The SMILES string of the molecule is CCc1ccc(-c2oc3c(CC=C(C)C)c(O[C@@H]4O[C@H](CO)[C@@H](O)[C@H](O)[C@H]4O)cc(O)c3c(=O)c2O[C@@H]2O[C@H](C)[C@@H](O)[C@@H](O)[C@@H]2O[C@@H]2O[C@H](C)[C@@H](O)[C@@H](O)[C@@H]2O)cc1. The molecule has 2 aromatic carbocycles. The molecule has 3 saturated heterocycles. The summed E-state index contributed by atoms with van der Waals surface area (Å²) < 4.78 is 41.7. The molecule has 6 rings (SSSR count). The average Bonchev–Trinajstić information content (AvgIpc) is 3.20. The molecule has 0 unspecified atom stereocenters. The molecule has 4 heterocycles. The van der Waals surface area contributed by atoms with Crippen molar-refractivity contribution in [3.05, 3.63) is 63.3 Å². The Morgan fingerprint density at radius 1 is 0.759 bits per heavy atom. The number of aryl methyl sites for hydroxylation is 1. The van der Waals surface area contributed by atoms with Crippen molar-refractivity contribution in [2.24, 2.45) is 0 Å². The van der Waals surface area contributed by atoms with E-state index in [2.05, 4.69) is 0 Å². The Bertz CT molecular complexity index is 1980. The molecule has 58 heavy (non-hydrogen) atoms. The molecule has 0 bridgehead atoms. The summed E-state index contributed by atoms with van der Waals surface area (Å²) in [5, 5.41) is 106. The van der Waals surface area contributed by atoms with Crippen LogP contribution in [-0.4, -0.2) is 150 Å². The Morgan fingerprint density at radius 2 is 1.36 bits per heavy atom. The second kappa shape index (κ2) is 17.9. The van der Waals surface area contributed by atoms with Crippen LogP contribution < -0.4 is 14.9 Å². The first-order valence-corrected chi connectivity index (χ1v) is 19.1. The van der Waals surface area contributed by atoms with Crippen LogP contribution in [0.25, 0.3) is 22.3 Å². The first-order chi connectivity index (χ1) is 27.5. The van der Waals surface area contributed by atoms with Crippen LogP contribution in [0, 0.1) is 0 Å². The lowest BCUT2D eigenvalue weighted by molar-refractivity contribution is -0.352. The highest BCUT2D eigenvalue weighted by molar-refractivity contribution is 5.91. The highest BCUT2D eigenvalue weighted by atomic mass is 16.8. The van der Waals surface area contributed by atoms with Crippen molar-refractivity contribution in [2.45, 2.75) is 140 Å². The molecule has 15 atom stereocenters. The molecule has 3 aliphatic heterocycles. The summed E-state index contributed by atoms with van der Waals surface area (Å²) >= 11 is 0. The standard InChI is InChI=1S/C40H52O18/c1-6-18-8-10-19(11-9-18)34-36(57-40-37(31(49)26(44)17(5)53-40)58-38-32(50)29(47)25(43)16(4)52-38)28(46)24-21(42)13-22(20(35(24)56-34)12-7-15(2)3)54-39-33(51)30(48)27(45)23(14-41)55-39/h7-11,13,16-17,23,25-27,29-33,37-45,47-51H,6,12,14H2,1-5H3/t16-,17-,23-,25-,26-,27-,29-,30+,31-,32+,33-,37+,38+,39-,40+/m1/s1. The summed E-state index contributed by atoms with van der Waals surface area (Å²) in [5.74, 6) is -1.52. The van der Waals surface area contributed by atoms with Crippen LogP contribution in [-0.2, 0) is 31.8 Å². The molecule has 0 radical (unpaired) electrons. The molecule has 3 aliphatic rings. The van der Waals surface area contributed by atoms with Crippen molar-refractivity contribution in [1.29, 1.82) is 0 Å². The Labute approximate surface area is 332 Å². The van der Waals surface area contributed by atoms with E-state index in [1.165, 1.54) is 13.8 Å². The van der Waals surface area contributed by atoms with Gasteiger partial charge in [-0.15, -0.1) is 0 Å². The largest absolute Gasteiger partial charge is 0.507 e. The molecule has 18 heteroatoms. The Balaban J connectivity index is 1.50. The number of ether oxygens (including phenoxy) is 6. The molecule has 18 nitrogen and oxygen atoms in total. The summed E-state index contributed by atoms with van der Waals surface area (Å²) in [6.07, 6.45) is -21.2. The van der Waals surface area contributed by atoms with Gasteiger partial charge in [0.05, 0.1) is 18.8 Å². The Hall–Kier alpha value is -3.73. The van der Waals surface area contributed by atoms with Gasteiger partial charge in [0.1, 0.15) is 77.4 Å². The van der Waals surface area contributed by atoms with E-state index >= 15 is 0 Å². The molecule has 0 saturated carbocycles. The van der Waals surface area contributed by atoms with Crippen molar-refractivity contribution >= 4 is 11.0 Å². The number of fused-ring (bicyclic) bond motifs is 1. The van der Waals surface area contributed by atoms with Crippen LogP contribution in [0.1, 0.15) is 45.7 Å². The first kappa shape index (κ1) is 43.8. The van der Waals surface area contributed by atoms with Gasteiger partial charge >= 0.3 is 0 Å². The number of aliphatic hydroxyl groups is 9. The van der Waals surface area contributed by atoms with Crippen molar-refractivity contribution in [3.63, 3.8) is 0 Å². The fourth-order valence-corrected chi connectivity index (χ4v) is 7.08. The van der Waals surface area contributed by atoms with Gasteiger partial charge < -0.3 is 83.9 Å². The molecule has 320 valence electrons. The lowest BCUT2D eigenvalue weighted by atomic mass is 9.98. The third kappa shape index (κ3) is 8.48. The Morgan fingerprint density at radius 3 is 1.98 bits per heavy atom. The number of hydrogen-bond donors (Lipinski definition) is 10. The summed E-state index contributed by atoms with van der Waals surface area (Å²) in [4.78, 5) is 14.8. The lowest BCUT2D eigenvalue weighted by Crippen LogP contribution is -2.63. The molecule has 0 spiro atoms. The van der Waals surface area contributed by atoms with E-state index in [4.69, 9.17) is 32.8 Å². The fourth-order valence-electron chi connectivity index (χ4n) is 7.08. The van der Waals surface area contributed by atoms with Gasteiger partial charge in [-0.25, -0.2) is 0 Å². The van der Waals surface area contributed by atoms with Crippen LogP contribution in [0.3, 0.4) is 0 Å². The minimum atomic E-state index is -1.82. The molecule has 0 amide bonds. The van der Waals surface area contributed by atoms with Crippen molar-refractivity contribution in [2.75, 3.05) is 6.61 Å². The monoisotopic (exact) mass is 820 g/mol. The summed E-state index contributed by atoms with van der Waals surface area (Å²) in [6, 6.07) is 7.98. The zero-order chi connectivity index (χ0) is 42.3. The topological polar surface area (TPSA) is 288 Å². The minimum Gasteiger partial charge on any atom is -0.507 e. The van der Waals surface area contributed by atoms with E-state index in [-0.39, 0.29) is 34.5 Å². The highest BCUT2D eigenvalue weighted by Crippen LogP contribution is 2.42. The summed E-state index contributed by atoms with van der Waals surface area (Å²) in [6.45, 7) is 7.72. The van der Waals surface area contributed by atoms with Crippen LogP contribution >= 0.6 is 0 Å². The van der Waals surface area contributed by atoms with Gasteiger partial charge in [-0.1, -0.05) is 42.8 Å². The maximum atomic E-state index is 14.8. The smallest absolute Gasteiger partial charge is 0.239 e. The lowest BCUT2D eigenvalue weighted by Gasteiger charge is -2.45. The molecule has 3 fully saturated rings. The van der Waals surface area contributed by atoms with Gasteiger partial charge in [0.2, 0.25) is 23.8 Å². The maximum absolute atomic E-state index is 14.8. The van der Waals surface area contributed by atoms with Gasteiger partial charge in [0.25, 0.3) is 0 Å². The van der Waals surface area contributed by atoms with E-state index in [1.54, 1.807) is 30.3 Å². The fraction of sp³-hybridized carbons (Fsp3) is 0.575. The third-order valence-corrected chi connectivity index (χ3v) is 10.7. The number of aliphatic hydroxyl groups excluding tert-OH is 9. The van der Waals surface area contributed by atoms with Crippen LogP contribution in [0.2, 0.25) is 0 Å². The molecular weight excluding hydrogens is 768 g/mol. The van der Waals surface area contributed by atoms with E-state index in [1.807, 2.05) is 20.8 Å². The van der Waals surface area contributed by atoms with E-state index in [0.717, 1.165) is 17.2 Å². The second-order valence-electron chi connectivity index (χ2n) is 15.1. The Kier molecular flexibility index (Phi) is 13.5. The quantitative estimate of drug-likeness (QED) is 0.109. The number of rotatable bonds is 11. The summed E-state index contributed by atoms with van der Waals surface area (Å²) in [5.41, 5.74) is 1.18. The predicted octanol–water partition coefficient (Wildman–Crippen LogP) is -0.526. The number of benzene rings is 2. The number of aromatic hydroxyl groups is 1. The predicted molar refractivity (Wildman–Crippen MR) is 201 cm³/mol. The number of phenols is 1. The zero-order valence-corrected chi connectivity index (χ0v) is 32.5. The first-order valence-electron chi connectivity index (χ1n) is 19.1. The summed E-state index contributed by atoms with van der Waals surface area (Å²) in [7, 11) is 0. The van der Waals surface area contributed by atoms with Gasteiger partial charge in [0, 0.05) is 17.2 Å². The van der Waals surface area contributed by atoms with Crippen LogP contribution in [0.5, 0.6) is 17.2 Å².